The minimum atomic E-state index is -0.537. The van der Waals surface area contributed by atoms with E-state index in [1.807, 2.05) is 53.1 Å². The molecule has 9 heteroatoms. The fraction of sp³-hybridized carbons (Fsp3) is 0.350. The van der Waals surface area contributed by atoms with Crippen molar-refractivity contribution in [1.29, 1.82) is 0 Å². The van der Waals surface area contributed by atoms with Gasteiger partial charge in [0.1, 0.15) is 5.60 Å². The quantitative estimate of drug-likeness (QED) is 0.682. The predicted molar refractivity (Wildman–Crippen MR) is 110 cm³/mol. The number of nitrogens with one attached hydrogen (secondary N) is 2. The zero-order valence-electron chi connectivity index (χ0n) is 17.2. The summed E-state index contributed by atoms with van der Waals surface area (Å²) >= 11 is 0. The highest BCUT2D eigenvalue weighted by Crippen LogP contribution is 2.21. The van der Waals surface area contributed by atoms with Crippen LogP contribution < -0.4 is 10.6 Å². The van der Waals surface area contributed by atoms with Crippen LogP contribution in [0.25, 0.3) is 11.3 Å². The fourth-order valence-corrected chi connectivity index (χ4v) is 2.59. The Balaban J connectivity index is 1.69. The SMILES string of the molecule is Cc1cc(-c2ccnc(Nc3cnn(C)c3)n2)cnc1CNC(=O)OC(C)(C)C. The van der Waals surface area contributed by atoms with Gasteiger partial charge in [-0.15, -0.1) is 0 Å². The first-order valence-electron chi connectivity index (χ1n) is 9.21. The van der Waals surface area contributed by atoms with Crippen LogP contribution in [0.15, 0.2) is 36.9 Å². The van der Waals surface area contributed by atoms with Crippen molar-refractivity contribution in [2.24, 2.45) is 7.05 Å². The Morgan fingerprint density at radius 1 is 1.24 bits per heavy atom. The third-order valence-electron chi connectivity index (χ3n) is 3.90. The Bertz CT molecular complexity index is 1010. The minimum absolute atomic E-state index is 0.290. The Kier molecular flexibility index (Phi) is 5.76. The van der Waals surface area contributed by atoms with Gasteiger partial charge in [0.2, 0.25) is 5.95 Å². The first-order chi connectivity index (χ1) is 13.7. The number of hydrogen-bond acceptors (Lipinski definition) is 7. The first-order valence-corrected chi connectivity index (χ1v) is 9.21. The van der Waals surface area contributed by atoms with Crippen LogP contribution in [0.2, 0.25) is 0 Å². The highest BCUT2D eigenvalue weighted by atomic mass is 16.6. The number of carbonyl (C=O) groups is 1. The molecular formula is C20H25N7O2. The number of aryl methyl sites for hydroxylation is 2. The summed E-state index contributed by atoms with van der Waals surface area (Å²) in [6, 6.07) is 3.80. The molecule has 0 saturated carbocycles. The van der Waals surface area contributed by atoms with E-state index in [1.54, 1.807) is 23.3 Å². The Morgan fingerprint density at radius 2 is 2.03 bits per heavy atom. The topological polar surface area (TPSA) is 107 Å². The molecule has 0 atom stereocenters. The second kappa shape index (κ2) is 8.26. The van der Waals surface area contributed by atoms with Crippen LogP contribution in [0.1, 0.15) is 32.0 Å². The van der Waals surface area contributed by atoms with Gasteiger partial charge in [-0.1, -0.05) is 0 Å². The van der Waals surface area contributed by atoms with Crippen molar-refractivity contribution in [1.82, 2.24) is 30.0 Å². The van der Waals surface area contributed by atoms with Gasteiger partial charge in [-0.25, -0.2) is 14.8 Å². The number of anilines is 2. The zero-order chi connectivity index (χ0) is 21.0. The molecule has 9 nitrogen and oxygen atoms in total. The van der Waals surface area contributed by atoms with Gasteiger partial charge in [-0.2, -0.15) is 5.10 Å². The van der Waals surface area contributed by atoms with Crippen molar-refractivity contribution >= 4 is 17.7 Å². The van der Waals surface area contributed by atoms with E-state index in [-0.39, 0.29) is 0 Å². The maximum absolute atomic E-state index is 11.8. The molecule has 0 aromatic carbocycles. The molecular weight excluding hydrogens is 370 g/mol. The highest BCUT2D eigenvalue weighted by molar-refractivity contribution is 5.68. The summed E-state index contributed by atoms with van der Waals surface area (Å²) in [7, 11) is 1.84. The third kappa shape index (κ3) is 5.74. The van der Waals surface area contributed by atoms with E-state index in [2.05, 4.69) is 30.7 Å². The molecule has 3 aromatic rings. The van der Waals surface area contributed by atoms with Crippen molar-refractivity contribution in [3.63, 3.8) is 0 Å². The summed E-state index contributed by atoms with van der Waals surface area (Å²) in [6.45, 7) is 7.70. The number of amides is 1. The summed E-state index contributed by atoms with van der Waals surface area (Å²) in [5.74, 6) is 0.476. The molecule has 3 aromatic heterocycles. The summed E-state index contributed by atoms with van der Waals surface area (Å²) in [4.78, 5) is 25.1. The van der Waals surface area contributed by atoms with E-state index in [1.165, 1.54) is 0 Å². The summed E-state index contributed by atoms with van der Waals surface area (Å²) < 4.78 is 6.95. The van der Waals surface area contributed by atoms with E-state index in [0.717, 1.165) is 28.2 Å². The van der Waals surface area contributed by atoms with Gasteiger partial charge in [0.25, 0.3) is 0 Å². The van der Waals surface area contributed by atoms with Gasteiger partial charge in [0.05, 0.1) is 29.8 Å². The molecule has 1 amide bonds. The van der Waals surface area contributed by atoms with Crippen LogP contribution in [0.5, 0.6) is 0 Å². The molecule has 2 N–H and O–H groups in total. The predicted octanol–water partition coefficient (Wildman–Crippen LogP) is 3.35. The average molecular weight is 395 g/mol. The van der Waals surface area contributed by atoms with Crippen molar-refractivity contribution in [2.45, 2.75) is 39.8 Å². The van der Waals surface area contributed by atoms with Crippen LogP contribution in [0.3, 0.4) is 0 Å². The third-order valence-corrected chi connectivity index (χ3v) is 3.90. The van der Waals surface area contributed by atoms with Gasteiger partial charge in [-0.05, 0) is 45.4 Å². The van der Waals surface area contributed by atoms with Gasteiger partial charge in [0.15, 0.2) is 0 Å². The summed E-state index contributed by atoms with van der Waals surface area (Å²) in [5, 5.41) is 9.97. The molecule has 0 aliphatic rings. The Labute approximate surface area is 169 Å². The monoisotopic (exact) mass is 395 g/mol. The maximum Gasteiger partial charge on any atom is 0.407 e. The second-order valence-corrected chi connectivity index (χ2v) is 7.64. The largest absolute Gasteiger partial charge is 0.444 e. The number of ether oxygens (including phenoxy) is 1. The number of hydrogen-bond donors (Lipinski definition) is 2. The van der Waals surface area contributed by atoms with Gasteiger partial charge < -0.3 is 15.4 Å². The van der Waals surface area contributed by atoms with Gasteiger partial charge in [0, 0.05) is 31.2 Å². The van der Waals surface area contributed by atoms with Gasteiger partial charge in [-0.3, -0.25) is 9.67 Å². The first kappa shape index (κ1) is 20.2. The molecule has 152 valence electrons. The normalized spacial score (nSPS) is 11.2. The minimum Gasteiger partial charge on any atom is -0.444 e. The van der Waals surface area contributed by atoms with Gasteiger partial charge >= 0.3 is 6.09 Å². The molecule has 0 aliphatic carbocycles. The Hall–Kier alpha value is -3.49. The van der Waals surface area contributed by atoms with Crippen LogP contribution >= 0.6 is 0 Å². The van der Waals surface area contributed by atoms with Crippen LogP contribution in [0.4, 0.5) is 16.4 Å². The number of aromatic nitrogens is 5. The lowest BCUT2D eigenvalue weighted by molar-refractivity contribution is 0.0523. The van der Waals surface area contributed by atoms with E-state index in [9.17, 15) is 4.79 Å². The lowest BCUT2D eigenvalue weighted by Crippen LogP contribution is -2.32. The fourth-order valence-electron chi connectivity index (χ4n) is 2.59. The molecule has 29 heavy (non-hydrogen) atoms. The molecule has 0 radical (unpaired) electrons. The number of nitrogens with zero attached hydrogens (tertiary/aromatic N) is 5. The highest BCUT2D eigenvalue weighted by Gasteiger charge is 2.16. The lowest BCUT2D eigenvalue weighted by atomic mass is 10.1. The molecule has 3 rings (SSSR count). The van der Waals surface area contributed by atoms with Crippen molar-refractivity contribution in [2.75, 3.05) is 5.32 Å². The number of pyridine rings is 1. The van der Waals surface area contributed by atoms with E-state index < -0.39 is 11.7 Å². The number of rotatable bonds is 5. The molecule has 0 bridgehead atoms. The van der Waals surface area contributed by atoms with E-state index in [4.69, 9.17) is 4.74 Å². The average Bonchev–Trinajstić information content (AvgIpc) is 3.04. The Morgan fingerprint density at radius 3 is 2.69 bits per heavy atom. The van der Waals surface area contributed by atoms with Crippen molar-refractivity contribution < 1.29 is 9.53 Å². The van der Waals surface area contributed by atoms with Crippen LogP contribution in [-0.2, 0) is 18.3 Å². The smallest absolute Gasteiger partial charge is 0.407 e. The summed E-state index contributed by atoms with van der Waals surface area (Å²) in [6.07, 6.45) is 6.50. The lowest BCUT2D eigenvalue weighted by Gasteiger charge is -2.19. The molecule has 0 unspecified atom stereocenters. The standard InChI is InChI=1S/C20H25N7O2/c1-13-8-14(9-22-17(13)11-23-19(28)29-20(2,3)4)16-6-7-21-18(26-16)25-15-10-24-27(5)12-15/h6-10,12H,11H2,1-5H3,(H,23,28)(H,21,25,26). The number of alkyl carbamates (subject to hydrolysis) is 1. The van der Waals surface area contributed by atoms with Crippen LogP contribution in [-0.4, -0.2) is 36.4 Å². The molecule has 3 heterocycles. The maximum atomic E-state index is 11.8. The van der Waals surface area contributed by atoms with E-state index >= 15 is 0 Å². The van der Waals surface area contributed by atoms with Crippen molar-refractivity contribution in [3.05, 3.63) is 48.2 Å². The van der Waals surface area contributed by atoms with Crippen molar-refractivity contribution in [3.8, 4) is 11.3 Å². The number of carbonyl (C=O) groups excluding carboxylic acids is 1. The zero-order valence-corrected chi connectivity index (χ0v) is 17.2. The van der Waals surface area contributed by atoms with E-state index in [0.29, 0.717) is 12.5 Å². The van der Waals surface area contributed by atoms with Crippen LogP contribution in [0, 0.1) is 6.92 Å². The molecule has 0 spiro atoms. The molecule has 0 saturated heterocycles. The second-order valence-electron chi connectivity index (χ2n) is 7.64. The molecule has 0 fully saturated rings. The molecule has 0 aliphatic heterocycles. The summed E-state index contributed by atoms with van der Waals surface area (Å²) in [5.41, 5.74) is 3.59.